The van der Waals surface area contributed by atoms with E-state index >= 15 is 0 Å². The molecule has 2 rings (SSSR count). The average Bonchev–Trinajstić information content (AvgIpc) is 2.56. The molecule has 2 aromatic rings. The van der Waals surface area contributed by atoms with Crippen molar-refractivity contribution in [2.45, 2.75) is 59.5 Å². The zero-order chi connectivity index (χ0) is 20.4. The van der Waals surface area contributed by atoms with E-state index in [1.54, 1.807) is 6.07 Å². The minimum absolute atomic E-state index is 0.262. The van der Waals surface area contributed by atoms with Gasteiger partial charge in [-0.3, -0.25) is 9.78 Å². The summed E-state index contributed by atoms with van der Waals surface area (Å²) in [7, 11) is -2.34. The molecule has 5 heteroatoms. The molecule has 0 aliphatic carbocycles. The molecule has 0 bridgehead atoms. The van der Waals surface area contributed by atoms with Gasteiger partial charge in [0.2, 0.25) is 0 Å². The van der Waals surface area contributed by atoms with E-state index in [0.29, 0.717) is 21.9 Å². The number of hydrogen-bond donors (Lipinski definition) is 0. The summed E-state index contributed by atoms with van der Waals surface area (Å²) in [6, 6.07) is 11.8. The molecule has 0 N–H and O–H groups in total. The number of benzene rings is 1. The van der Waals surface area contributed by atoms with Gasteiger partial charge in [0.25, 0.3) is 0 Å². The lowest BCUT2D eigenvalue weighted by atomic mass is 9.97. The molecule has 0 saturated heterocycles. The summed E-state index contributed by atoms with van der Waals surface area (Å²) in [6.45, 7) is 14.5. The summed E-state index contributed by atoms with van der Waals surface area (Å²) < 4.78 is 5.90. The van der Waals surface area contributed by atoms with Gasteiger partial charge in [-0.25, -0.2) is 0 Å². The Bertz CT molecular complexity index is 790. The molecule has 0 amide bonds. The smallest absolute Gasteiger partial charge is 0.316 e. The number of rotatable bonds is 5. The number of carbonyl (C=O) groups excluding carboxylic acids is 1. The summed E-state index contributed by atoms with van der Waals surface area (Å²) in [5, 5.41) is 2.74. The Morgan fingerprint density at radius 1 is 1.07 bits per heavy atom. The van der Waals surface area contributed by atoms with Gasteiger partial charge in [0.1, 0.15) is 5.75 Å². The fourth-order valence-electron chi connectivity index (χ4n) is 3.80. The van der Waals surface area contributed by atoms with Crippen molar-refractivity contribution in [3.05, 3.63) is 47.6 Å². The summed E-state index contributed by atoms with van der Waals surface area (Å²) >= 11 is 6.28. The minimum atomic E-state index is -2.34. The molecule has 3 nitrogen and oxygen atoms in total. The van der Waals surface area contributed by atoms with E-state index in [0.717, 1.165) is 10.5 Å². The first-order chi connectivity index (χ1) is 12.5. The van der Waals surface area contributed by atoms with Crippen molar-refractivity contribution in [3.8, 4) is 5.75 Å². The Hall–Kier alpha value is -1.65. The normalized spacial score (nSPS) is 12.5. The van der Waals surface area contributed by atoms with E-state index in [9.17, 15) is 4.79 Å². The Morgan fingerprint density at radius 2 is 1.70 bits per heavy atom. The van der Waals surface area contributed by atoms with Gasteiger partial charge in [-0.05, 0) is 61.3 Å². The number of hydrogen-bond acceptors (Lipinski definition) is 3. The van der Waals surface area contributed by atoms with Crippen molar-refractivity contribution in [1.82, 2.24) is 4.98 Å². The molecule has 27 heavy (non-hydrogen) atoms. The SMILES string of the molecule is CC(C)[Si](c1ccccn1)(c1ccc(Cl)cc1OC(=O)C(C)(C)C)C(C)C. The number of aromatic nitrogens is 1. The highest BCUT2D eigenvalue weighted by molar-refractivity contribution is 7.04. The van der Waals surface area contributed by atoms with E-state index in [4.69, 9.17) is 21.3 Å². The number of esters is 1. The summed E-state index contributed by atoms with van der Waals surface area (Å²) in [4.78, 5) is 17.4. The number of carbonyl (C=O) groups is 1. The number of halogens is 1. The van der Waals surface area contributed by atoms with Gasteiger partial charge in [0, 0.05) is 16.5 Å². The van der Waals surface area contributed by atoms with Crippen LogP contribution >= 0.6 is 11.6 Å². The first kappa shape index (κ1) is 21.6. The lowest BCUT2D eigenvalue weighted by Gasteiger charge is -2.40. The predicted molar refractivity (Wildman–Crippen MR) is 116 cm³/mol. The van der Waals surface area contributed by atoms with Crippen LogP contribution in [0.3, 0.4) is 0 Å². The average molecular weight is 404 g/mol. The van der Waals surface area contributed by atoms with Crippen LogP contribution in [0.1, 0.15) is 48.5 Å². The third-order valence-corrected chi connectivity index (χ3v) is 11.4. The molecule has 0 aliphatic heterocycles. The van der Waals surface area contributed by atoms with Crippen LogP contribution in [0.15, 0.2) is 42.6 Å². The highest BCUT2D eigenvalue weighted by atomic mass is 35.5. The van der Waals surface area contributed by atoms with E-state index in [1.807, 2.05) is 51.2 Å². The van der Waals surface area contributed by atoms with Gasteiger partial charge in [0.05, 0.1) is 5.41 Å². The van der Waals surface area contributed by atoms with Crippen molar-refractivity contribution < 1.29 is 9.53 Å². The molecule has 0 spiro atoms. The molecule has 0 fully saturated rings. The van der Waals surface area contributed by atoms with Crippen molar-refractivity contribution in [1.29, 1.82) is 0 Å². The van der Waals surface area contributed by atoms with Crippen molar-refractivity contribution >= 4 is 36.1 Å². The molecule has 0 radical (unpaired) electrons. The third-order valence-electron chi connectivity index (χ3n) is 5.11. The lowest BCUT2D eigenvalue weighted by Crippen LogP contribution is -2.64. The molecule has 146 valence electrons. The molecule has 1 aromatic heterocycles. The van der Waals surface area contributed by atoms with E-state index in [2.05, 4.69) is 33.8 Å². The van der Waals surface area contributed by atoms with Crippen LogP contribution in [0.25, 0.3) is 0 Å². The molecule has 0 atom stereocenters. The standard InChI is InChI=1S/C22H30ClNO2Si/c1-15(2)27(16(3)4,20-10-8-9-13-24-20)19-12-11-17(23)14-18(19)26-21(25)22(5,6)7/h8-16H,1-7H3. The van der Waals surface area contributed by atoms with Gasteiger partial charge in [-0.2, -0.15) is 0 Å². The summed E-state index contributed by atoms with van der Waals surface area (Å²) in [5.41, 5.74) is 0.131. The largest absolute Gasteiger partial charge is 0.426 e. The molecular formula is C22H30ClNO2Si. The summed E-state index contributed by atoms with van der Waals surface area (Å²) in [5.74, 6) is 0.310. The van der Waals surface area contributed by atoms with Gasteiger partial charge < -0.3 is 4.74 Å². The monoisotopic (exact) mass is 403 g/mol. The highest BCUT2D eigenvalue weighted by Crippen LogP contribution is 2.35. The minimum Gasteiger partial charge on any atom is -0.426 e. The van der Waals surface area contributed by atoms with Crippen LogP contribution in [0.5, 0.6) is 5.75 Å². The fourth-order valence-corrected chi connectivity index (χ4v) is 9.55. The maximum atomic E-state index is 12.6. The second kappa shape index (κ2) is 8.15. The second-order valence-corrected chi connectivity index (χ2v) is 14.2. The van der Waals surface area contributed by atoms with Crippen LogP contribution in [-0.2, 0) is 4.79 Å². The Balaban J connectivity index is 2.76. The second-order valence-electron chi connectivity index (χ2n) is 8.67. The van der Waals surface area contributed by atoms with Crippen LogP contribution in [0.4, 0.5) is 0 Å². The van der Waals surface area contributed by atoms with Crippen LogP contribution in [0.2, 0.25) is 16.1 Å². The molecular weight excluding hydrogens is 374 g/mol. The lowest BCUT2D eigenvalue weighted by molar-refractivity contribution is -0.142. The first-order valence-electron chi connectivity index (χ1n) is 9.45. The zero-order valence-corrected chi connectivity index (χ0v) is 19.1. The number of ether oxygens (including phenoxy) is 1. The molecule has 1 aromatic carbocycles. The topological polar surface area (TPSA) is 39.2 Å². The fraction of sp³-hybridized carbons (Fsp3) is 0.455. The zero-order valence-electron chi connectivity index (χ0n) is 17.3. The Morgan fingerprint density at radius 3 is 2.19 bits per heavy atom. The van der Waals surface area contributed by atoms with Crippen molar-refractivity contribution in [3.63, 3.8) is 0 Å². The predicted octanol–water partition coefficient (Wildman–Crippen LogP) is 5.07. The Kier molecular flexibility index (Phi) is 6.54. The van der Waals surface area contributed by atoms with E-state index < -0.39 is 13.5 Å². The quantitative estimate of drug-likeness (QED) is 0.397. The third kappa shape index (κ3) is 4.27. The van der Waals surface area contributed by atoms with Crippen molar-refractivity contribution in [2.24, 2.45) is 5.41 Å². The van der Waals surface area contributed by atoms with Crippen LogP contribution < -0.4 is 15.2 Å². The maximum absolute atomic E-state index is 12.6. The molecule has 0 saturated carbocycles. The van der Waals surface area contributed by atoms with Gasteiger partial charge in [-0.15, -0.1) is 0 Å². The van der Waals surface area contributed by atoms with Gasteiger partial charge >= 0.3 is 5.97 Å². The molecule has 0 aliphatic rings. The first-order valence-corrected chi connectivity index (χ1v) is 12.0. The highest BCUT2D eigenvalue weighted by Gasteiger charge is 2.47. The number of pyridine rings is 1. The van der Waals surface area contributed by atoms with Crippen LogP contribution in [-0.4, -0.2) is 19.0 Å². The van der Waals surface area contributed by atoms with E-state index in [-0.39, 0.29) is 5.97 Å². The summed E-state index contributed by atoms with van der Waals surface area (Å²) in [6.07, 6.45) is 1.85. The molecule has 0 unspecified atom stereocenters. The van der Waals surface area contributed by atoms with Crippen molar-refractivity contribution in [2.75, 3.05) is 0 Å². The Labute approximate surface area is 169 Å². The number of nitrogens with zero attached hydrogens (tertiary/aromatic N) is 1. The van der Waals surface area contributed by atoms with E-state index in [1.165, 1.54) is 0 Å². The van der Waals surface area contributed by atoms with Gasteiger partial charge in [0.15, 0.2) is 8.07 Å². The molecule has 1 heterocycles. The maximum Gasteiger partial charge on any atom is 0.316 e. The van der Waals surface area contributed by atoms with Gasteiger partial charge in [-0.1, -0.05) is 51.4 Å². The van der Waals surface area contributed by atoms with Crippen LogP contribution in [0, 0.1) is 5.41 Å².